The molecule has 3 heterocycles. The molecule has 0 spiro atoms. The molecule has 0 aliphatic carbocycles. The first-order chi connectivity index (χ1) is 9.34. The molecule has 0 radical (unpaired) electrons. The van der Waals surface area contributed by atoms with Gasteiger partial charge in [0.25, 0.3) is 5.91 Å². The van der Waals surface area contributed by atoms with E-state index in [1.54, 1.807) is 6.20 Å². The van der Waals surface area contributed by atoms with E-state index in [9.17, 15) is 4.79 Å². The van der Waals surface area contributed by atoms with Gasteiger partial charge in [0.05, 0.1) is 16.8 Å². The number of anilines is 1. The number of nitrogens with one attached hydrogen (secondary N) is 2. The van der Waals surface area contributed by atoms with Gasteiger partial charge in [-0.25, -0.2) is 0 Å². The standard InChI is InChI=1S/C15H15N3O/c19-15-11-2-1-10(9-3-6-16-7-4-9)14-13(11)12(18-15)5-8-17-14/h1-2,5,8-9,16H,3-4,6-7H2,(H,18,19). The van der Waals surface area contributed by atoms with E-state index >= 15 is 0 Å². The summed E-state index contributed by atoms with van der Waals surface area (Å²) in [6, 6.07) is 5.92. The third-order valence-electron chi connectivity index (χ3n) is 4.20. The zero-order valence-electron chi connectivity index (χ0n) is 10.6. The smallest absolute Gasteiger partial charge is 0.256 e. The number of hydrogen-bond donors (Lipinski definition) is 2. The van der Waals surface area contributed by atoms with Gasteiger partial charge in [0.1, 0.15) is 0 Å². The lowest BCUT2D eigenvalue weighted by Gasteiger charge is -2.23. The molecule has 0 unspecified atom stereocenters. The Kier molecular flexibility index (Phi) is 2.32. The van der Waals surface area contributed by atoms with Crippen LogP contribution in [-0.2, 0) is 0 Å². The second kappa shape index (κ2) is 4.03. The SMILES string of the molecule is O=C1Nc2ccnc3c(C4CCNCC4)ccc1c23. The molecule has 0 bridgehead atoms. The van der Waals surface area contributed by atoms with Crippen molar-refractivity contribution in [2.45, 2.75) is 18.8 Å². The van der Waals surface area contributed by atoms with Gasteiger partial charge < -0.3 is 10.6 Å². The Morgan fingerprint density at radius 1 is 1.16 bits per heavy atom. The van der Waals surface area contributed by atoms with Crippen molar-refractivity contribution in [1.82, 2.24) is 10.3 Å². The molecule has 2 aromatic rings. The molecule has 1 amide bonds. The average molecular weight is 253 g/mol. The summed E-state index contributed by atoms with van der Waals surface area (Å²) in [5.41, 5.74) is 3.95. The van der Waals surface area contributed by atoms with Crippen molar-refractivity contribution in [3.63, 3.8) is 0 Å². The van der Waals surface area contributed by atoms with Crippen molar-refractivity contribution in [3.05, 3.63) is 35.5 Å². The fourth-order valence-corrected chi connectivity index (χ4v) is 3.23. The first-order valence-electron chi connectivity index (χ1n) is 6.78. The second-order valence-electron chi connectivity index (χ2n) is 5.26. The van der Waals surface area contributed by atoms with Crippen molar-refractivity contribution in [3.8, 4) is 0 Å². The zero-order valence-corrected chi connectivity index (χ0v) is 10.6. The van der Waals surface area contributed by atoms with Crippen LogP contribution in [0.3, 0.4) is 0 Å². The molecule has 0 atom stereocenters. The highest BCUT2D eigenvalue weighted by atomic mass is 16.1. The minimum atomic E-state index is -0.00939. The van der Waals surface area contributed by atoms with Gasteiger partial charge in [0, 0.05) is 11.6 Å². The van der Waals surface area contributed by atoms with Crippen LogP contribution < -0.4 is 10.6 Å². The third-order valence-corrected chi connectivity index (χ3v) is 4.20. The number of aromatic nitrogens is 1. The van der Waals surface area contributed by atoms with E-state index in [-0.39, 0.29) is 5.91 Å². The number of piperidine rings is 1. The number of amides is 1. The van der Waals surface area contributed by atoms with Crippen LogP contribution in [0.5, 0.6) is 0 Å². The molecule has 1 fully saturated rings. The van der Waals surface area contributed by atoms with Crippen LogP contribution in [0.15, 0.2) is 24.4 Å². The summed E-state index contributed by atoms with van der Waals surface area (Å²) in [4.78, 5) is 16.4. The van der Waals surface area contributed by atoms with Crippen LogP contribution in [-0.4, -0.2) is 24.0 Å². The van der Waals surface area contributed by atoms with Crippen molar-refractivity contribution in [2.75, 3.05) is 18.4 Å². The Labute approximate surface area is 111 Å². The highest BCUT2D eigenvalue weighted by molar-refractivity contribution is 6.23. The van der Waals surface area contributed by atoms with Gasteiger partial charge in [-0.05, 0) is 49.5 Å². The summed E-state index contributed by atoms with van der Waals surface area (Å²) < 4.78 is 0. The largest absolute Gasteiger partial charge is 0.321 e. The van der Waals surface area contributed by atoms with Crippen molar-refractivity contribution in [2.24, 2.45) is 0 Å². The summed E-state index contributed by atoms with van der Waals surface area (Å²) in [5.74, 6) is 0.540. The van der Waals surface area contributed by atoms with Gasteiger partial charge in [-0.3, -0.25) is 9.78 Å². The number of benzene rings is 1. The van der Waals surface area contributed by atoms with Gasteiger partial charge in [-0.1, -0.05) is 6.07 Å². The van der Waals surface area contributed by atoms with E-state index in [4.69, 9.17) is 0 Å². The Bertz CT molecular complexity index is 674. The Morgan fingerprint density at radius 2 is 2.00 bits per heavy atom. The maximum Gasteiger partial charge on any atom is 0.256 e. The van der Waals surface area contributed by atoms with Gasteiger partial charge in [0.2, 0.25) is 0 Å². The molecule has 4 heteroatoms. The molecule has 1 aromatic heterocycles. The molecular formula is C15H15N3O. The molecule has 19 heavy (non-hydrogen) atoms. The summed E-state index contributed by atoms with van der Waals surface area (Å²) in [6.07, 6.45) is 4.07. The van der Waals surface area contributed by atoms with Crippen LogP contribution in [0.2, 0.25) is 0 Å². The van der Waals surface area contributed by atoms with E-state index in [2.05, 4.69) is 21.7 Å². The molecule has 0 saturated carbocycles. The first-order valence-corrected chi connectivity index (χ1v) is 6.78. The molecule has 4 nitrogen and oxygen atoms in total. The minimum absolute atomic E-state index is 0.00939. The zero-order chi connectivity index (χ0) is 12.8. The molecule has 96 valence electrons. The fraction of sp³-hybridized carbons (Fsp3) is 0.333. The van der Waals surface area contributed by atoms with Crippen LogP contribution in [0.1, 0.15) is 34.7 Å². The summed E-state index contributed by atoms with van der Waals surface area (Å²) in [7, 11) is 0. The van der Waals surface area contributed by atoms with E-state index in [0.29, 0.717) is 5.92 Å². The quantitative estimate of drug-likeness (QED) is 0.819. The van der Waals surface area contributed by atoms with Gasteiger partial charge in [-0.2, -0.15) is 0 Å². The third kappa shape index (κ3) is 1.56. The summed E-state index contributed by atoms with van der Waals surface area (Å²) >= 11 is 0. The average Bonchev–Trinajstić information content (AvgIpc) is 2.79. The predicted octanol–water partition coefficient (Wildman–Crippen LogP) is 2.27. The number of hydrogen-bond acceptors (Lipinski definition) is 3. The molecule has 2 aliphatic rings. The first kappa shape index (κ1) is 10.9. The Hall–Kier alpha value is -1.94. The van der Waals surface area contributed by atoms with E-state index in [1.807, 2.05) is 12.1 Å². The number of carbonyl (C=O) groups excluding carboxylic acids is 1. The second-order valence-corrected chi connectivity index (χ2v) is 5.26. The van der Waals surface area contributed by atoms with E-state index in [0.717, 1.165) is 48.1 Å². The monoisotopic (exact) mass is 253 g/mol. The molecule has 2 N–H and O–H groups in total. The Morgan fingerprint density at radius 3 is 2.84 bits per heavy atom. The van der Waals surface area contributed by atoms with E-state index in [1.165, 1.54) is 5.56 Å². The Balaban J connectivity index is 1.94. The normalized spacial score (nSPS) is 18.8. The lowest BCUT2D eigenvalue weighted by molar-refractivity contribution is 0.103. The number of pyridine rings is 1. The molecule has 1 saturated heterocycles. The fourth-order valence-electron chi connectivity index (χ4n) is 3.23. The molecule has 4 rings (SSSR count). The topological polar surface area (TPSA) is 54.0 Å². The van der Waals surface area contributed by atoms with Crippen LogP contribution in [0.25, 0.3) is 10.9 Å². The lowest BCUT2D eigenvalue weighted by atomic mass is 9.88. The van der Waals surface area contributed by atoms with Crippen molar-refractivity contribution < 1.29 is 4.79 Å². The van der Waals surface area contributed by atoms with Crippen molar-refractivity contribution in [1.29, 1.82) is 0 Å². The molecule has 2 aliphatic heterocycles. The van der Waals surface area contributed by atoms with Crippen LogP contribution in [0.4, 0.5) is 5.69 Å². The van der Waals surface area contributed by atoms with Gasteiger partial charge >= 0.3 is 0 Å². The van der Waals surface area contributed by atoms with Crippen LogP contribution in [0, 0.1) is 0 Å². The summed E-state index contributed by atoms with van der Waals surface area (Å²) in [5, 5.41) is 7.30. The predicted molar refractivity (Wildman–Crippen MR) is 74.5 cm³/mol. The highest BCUT2D eigenvalue weighted by Crippen LogP contribution is 2.37. The number of nitrogens with zero attached hydrogens (tertiary/aromatic N) is 1. The minimum Gasteiger partial charge on any atom is -0.321 e. The summed E-state index contributed by atoms with van der Waals surface area (Å²) in [6.45, 7) is 2.12. The maximum absolute atomic E-state index is 11.9. The number of rotatable bonds is 1. The van der Waals surface area contributed by atoms with E-state index < -0.39 is 0 Å². The highest BCUT2D eigenvalue weighted by Gasteiger charge is 2.26. The van der Waals surface area contributed by atoms with Gasteiger partial charge in [-0.15, -0.1) is 0 Å². The lowest BCUT2D eigenvalue weighted by Crippen LogP contribution is -2.26. The van der Waals surface area contributed by atoms with Gasteiger partial charge in [0.15, 0.2) is 0 Å². The molecular weight excluding hydrogens is 238 g/mol. The maximum atomic E-state index is 11.9. The van der Waals surface area contributed by atoms with Crippen LogP contribution >= 0.6 is 0 Å². The molecule has 1 aromatic carbocycles. The number of carbonyl (C=O) groups is 1. The van der Waals surface area contributed by atoms with Crippen molar-refractivity contribution >= 4 is 22.5 Å².